The minimum atomic E-state index is -0.427. The van der Waals surface area contributed by atoms with Crippen molar-refractivity contribution in [2.75, 3.05) is 43.1 Å². The summed E-state index contributed by atoms with van der Waals surface area (Å²) in [5.74, 6) is 0.792. The lowest BCUT2D eigenvalue weighted by Crippen LogP contribution is -2.47. The molecule has 1 aromatic heterocycles. The highest BCUT2D eigenvalue weighted by molar-refractivity contribution is 5.51. The minimum Gasteiger partial charge on any atom is -0.378 e. The lowest BCUT2D eigenvalue weighted by molar-refractivity contribution is 0.181. The first-order chi connectivity index (χ1) is 12.8. The lowest BCUT2D eigenvalue weighted by Gasteiger charge is -2.37. The highest BCUT2D eigenvalue weighted by Gasteiger charge is 2.24. The van der Waals surface area contributed by atoms with Gasteiger partial charge in [0.05, 0.1) is 18.0 Å². The predicted octanol–water partition coefficient (Wildman–Crippen LogP) is 3.53. The van der Waals surface area contributed by atoms with Gasteiger partial charge in [0.2, 0.25) is 0 Å². The van der Waals surface area contributed by atoms with Gasteiger partial charge in [-0.25, -0.2) is 18.7 Å². The monoisotopic (exact) mass is 376 g/mol. The molecule has 146 valence electrons. The van der Waals surface area contributed by atoms with Crippen molar-refractivity contribution in [3.05, 3.63) is 47.4 Å². The number of piperazine rings is 1. The zero-order chi connectivity index (χ0) is 19.6. The molecule has 1 aromatic carbocycles. The second-order valence-corrected chi connectivity index (χ2v) is 7.79. The first kappa shape index (κ1) is 19.5. The summed E-state index contributed by atoms with van der Waals surface area (Å²) in [6, 6.07) is 5.51. The number of ether oxygens (including phenoxy) is 1. The smallest absolute Gasteiger partial charge is 0.146 e. The molecule has 3 rings (SSSR count). The number of aromatic nitrogens is 2. The van der Waals surface area contributed by atoms with Crippen LogP contribution in [0.15, 0.2) is 24.3 Å². The Hall–Kier alpha value is -2.28. The standard InChI is InChI=1S/C20H26F2N4O/c1-20(2,3)19-23-15(13-27-4)12-18(24-19)26-9-7-25(8-10-26)17-11-14(21)5-6-16(17)22/h5-6,11-12H,7-10,13H2,1-4H3. The van der Waals surface area contributed by atoms with Gasteiger partial charge in [0.1, 0.15) is 23.3 Å². The fraction of sp³-hybridized carbons (Fsp3) is 0.500. The predicted molar refractivity (Wildman–Crippen MR) is 102 cm³/mol. The Morgan fingerprint density at radius 2 is 1.67 bits per heavy atom. The third kappa shape index (κ3) is 4.53. The van der Waals surface area contributed by atoms with E-state index in [1.54, 1.807) is 7.11 Å². The molecule has 1 aliphatic heterocycles. The van der Waals surface area contributed by atoms with Crippen molar-refractivity contribution < 1.29 is 13.5 Å². The first-order valence-electron chi connectivity index (χ1n) is 9.10. The van der Waals surface area contributed by atoms with Gasteiger partial charge >= 0.3 is 0 Å². The Morgan fingerprint density at radius 1 is 1.00 bits per heavy atom. The van der Waals surface area contributed by atoms with Gasteiger partial charge in [-0.3, -0.25) is 0 Å². The zero-order valence-electron chi connectivity index (χ0n) is 16.3. The molecule has 5 nitrogen and oxygen atoms in total. The van der Waals surface area contributed by atoms with Crippen LogP contribution in [0, 0.1) is 11.6 Å². The van der Waals surface area contributed by atoms with Crippen molar-refractivity contribution in [1.82, 2.24) is 9.97 Å². The van der Waals surface area contributed by atoms with Crippen LogP contribution in [-0.4, -0.2) is 43.3 Å². The molecule has 0 radical (unpaired) electrons. The maximum Gasteiger partial charge on any atom is 0.146 e. The molecule has 2 heterocycles. The van der Waals surface area contributed by atoms with Crippen LogP contribution in [0.25, 0.3) is 0 Å². The summed E-state index contributed by atoms with van der Waals surface area (Å²) >= 11 is 0. The van der Waals surface area contributed by atoms with Gasteiger partial charge in [0, 0.05) is 50.8 Å². The quantitative estimate of drug-likeness (QED) is 0.817. The van der Waals surface area contributed by atoms with E-state index >= 15 is 0 Å². The summed E-state index contributed by atoms with van der Waals surface area (Å²) in [6.07, 6.45) is 0. The third-order valence-electron chi connectivity index (χ3n) is 4.58. The average molecular weight is 376 g/mol. The van der Waals surface area contributed by atoms with E-state index in [4.69, 9.17) is 9.72 Å². The van der Waals surface area contributed by atoms with Crippen LogP contribution >= 0.6 is 0 Å². The van der Waals surface area contributed by atoms with E-state index < -0.39 is 11.6 Å². The molecule has 2 aromatic rings. The molecule has 0 N–H and O–H groups in total. The SMILES string of the molecule is COCc1cc(N2CCN(c3cc(F)ccc3F)CC2)nc(C(C)(C)C)n1. The average Bonchev–Trinajstić information content (AvgIpc) is 2.63. The Labute approximate surface area is 159 Å². The van der Waals surface area contributed by atoms with Crippen LogP contribution in [-0.2, 0) is 16.8 Å². The van der Waals surface area contributed by atoms with Gasteiger partial charge in [0.15, 0.2) is 0 Å². The van der Waals surface area contributed by atoms with Gasteiger partial charge in [-0.1, -0.05) is 20.8 Å². The summed E-state index contributed by atoms with van der Waals surface area (Å²) in [7, 11) is 1.64. The highest BCUT2D eigenvalue weighted by atomic mass is 19.1. The van der Waals surface area contributed by atoms with Crippen LogP contribution in [0.2, 0.25) is 0 Å². The summed E-state index contributed by atoms with van der Waals surface area (Å²) in [5.41, 5.74) is 0.976. The molecule has 27 heavy (non-hydrogen) atoms. The van der Waals surface area contributed by atoms with E-state index in [0.29, 0.717) is 38.5 Å². The van der Waals surface area contributed by atoms with Crippen molar-refractivity contribution >= 4 is 11.5 Å². The molecule has 0 atom stereocenters. The molecule has 0 aliphatic carbocycles. The van der Waals surface area contributed by atoms with Crippen molar-refractivity contribution in [2.45, 2.75) is 32.8 Å². The summed E-state index contributed by atoms with van der Waals surface area (Å²) < 4.78 is 32.8. The van der Waals surface area contributed by atoms with Gasteiger partial charge < -0.3 is 14.5 Å². The molecule has 1 saturated heterocycles. The van der Waals surface area contributed by atoms with Crippen molar-refractivity contribution in [1.29, 1.82) is 0 Å². The molecule has 0 saturated carbocycles. The number of rotatable bonds is 4. The van der Waals surface area contributed by atoms with Crippen molar-refractivity contribution in [3.8, 4) is 0 Å². The van der Waals surface area contributed by atoms with Crippen LogP contribution in [0.4, 0.5) is 20.3 Å². The molecule has 7 heteroatoms. The van der Waals surface area contributed by atoms with E-state index in [2.05, 4.69) is 30.7 Å². The van der Waals surface area contributed by atoms with E-state index in [-0.39, 0.29) is 5.41 Å². The second kappa shape index (κ2) is 7.76. The topological polar surface area (TPSA) is 41.5 Å². The number of anilines is 2. The van der Waals surface area contributed by atoms with E-state index in [9.17, 15) is 8.78 Å². The number of hydrogen-bond acceptors (Lipinski definition) is 5. The number of methoxy groups -OCH3 is 1. The second-order valence-electron chi connectivity index (χ2n) is 7.79. The molecule has 0 bridgehead atoms. The van der Waals surface area contributed by atoms with Gasteiger partial charge in [-0.15, -0.1) is 0 Å². The fourth-order valence-corrected chi connectivity index (χ4v) is 3.11. The molecule has 1 fully saturated rings. The van der Waals surface area contributed by atoms with Gasteiger partial charge in [-0.2, -0.15) is 0 Å². The third-order valence-corrected chi connectivity index (χ3v) is 4.58. The van der Waals surface area contributed by atoms with E-state index in [0.717, 1.165) is 23.4 Å². The number of hydrogen-bond donors (Lipinski definition) is 0. The largest absolute Gasteiger partial charge is 0.378 e. The maximum atomic E-state index is 14.0. The van der Waals surface area contributed by atoms with Gasteiger partial charge in [-0.05, 0) is 12.1 Å². The van der Waals surface area contributed by atoms with Crippen molar-refractivity contribution in [3.63, 3.8) is 0 Å². The normalized spacial score (nSPS) is 15.3. The summed E-state index contributed by atoms with van der Waals surface area (Å²) in [5, 5.41) is 0. The molecular formula is C20H26F2N4O. The summed E-state index contributed by atoms with van der Waals surface area (Å²) in [4.78, 5) is 13.4. The number of halogens is 2. The number of nitrogens with zero attached hydrogens (tertiary/aromatic N) is 4. The zero-order valence-corrected chi connectivity index (χ0v) is 16.3. The lowest BCUT2D eigenvalue weighted by atomic mass is 9.95. The Morgan fingerprint density at radius 3 is 2.30 bits per heavy atom. The Bertz CT molecular complexity index is 799. The van der Waals surface area contributed by atoms with Crippen LogP contribution in [0.1, 0.15) is 32.3 Å². The fourth-order valence-electron chi connectivity index (χ4n) is 3.11. The molecule has 0 amide bonds. The Balaban J connectivity index is 1.79. The minimum absolute atomic E-state index is 0.176. The molecule has 0 spiro atoms. The first-order valence-corrected chi connectivity index (χ1v) is 9.10. The molecular weight excluding hydrogens is 350 g/mol. The molecule has 0 unspecified atom stereocenters. The van der Waals surface area contributed by atoms with Crippen molar-refractivity contribution in [2.24, 2.45) is 0 Å². The maximum absolute atomic E-state index is 14.0. The van der Waals surface area contributed by atoms with E-state index in [1.807, 2.05) is 11.0 Å². The summed E-state index contributed by atoms with van der Waals surface area (Å²) in [6.45, 7) is 9.18. The van der Waals surface area contributed by atoms with Crippen LogP contribution in [0.5, 0.6) is 0 Å². The number of benzene rings is 1. The van der Waals surface area contributed by atoms with Gasteiger partial charge in [0.25, 0.3) is 0 Å². The Kier molecular flexibility index (Phi) is 5.60. The van der Waals surface area contributed by atoms with E-state index in [1.165, 1.54) is 12.1 Å². The molecule has 1 aliphatic rings. The van der Waals surface area contributed by atoms with Crippen LogP contribution < -0.4 is 9.80 Å². The highest BCUT2D eigenvalue weighted by Crippen LogP contribution is 2.26. The van der Waals surface area contributed by atoms with Crippen LogP contribution in [0.3, 0.4) is 0 Å².